The van der Waals surface area contributed by atoms with E-state index in [2.05, 4.69) is 0 Å². The van der Waals surface area contributed by atoms with Crippen molar-refractivity contribution in [2.45, 2.75) is 13.0 Å². The van der Waals surface area contributed by atoms with E-state index >= 15 is 0 Å². The van der Waals surface area contributed by atoms with Gasteiger partial charge in [-0.05, 0) is 0 Å². The monoisotopic (exact) mass is 282 g/mol. The second-order valence-electron chi connectivity index (χ2n) is 1.42. The molecule has 0 bridgehead atoms. The van der Waals surface area contributed by atoms with E-state index in [1.807, 2.05) is 0 Å². The number of hydrogen-bond donors (Lipinski definition) is 0. The number of alkyl halides is 7. The van der Waals surface area contributed by atoms with E-state index in [-0.39, 0.29) is 0 Å². The van der Waals surface area contributed by atoms with E-state index in [1.165, 1.54) is 0 Å². The summed E-state index contributed by atoms with van der Waals surface area (Å²) in [5.74, 6) is 0. The van der Waals surface area contributed by atoms with Gasteiger partial charge in [-0.25, -0.2) is 0 Å². The van der Waals surface area contributed by atoms with Gasteiger partial charge >= 0.3 is 0 Å². The first-order valence-electron chi connectivity index (χ1n) is 1.92. The number of hydrogen-bond acceptors (Lipinski definition) is 0. The minimum absolute atomic E-state index is 1.16. The van der Waals surface area contributed by atoms with Crippen LogP contribution in [0.15, 0.2) is 0 Å². The van der Waals surface area contributed by atoms with Crippen molar-refractivity contribution in [2.24, 2.45) is 0 Å². The van der Waals surface area contributed by atoms with Crippen molar-refractivity contribution >= 4 is 81.2 Å². The van der Waals surface area contributed by atoms with Gasteiger partial charge in [-0.2, -0.15) is 0 Å². The lowest BCUT2D eigenvalue weighted by atomic mass is 10.5. The summed E-state index contributed by atoms with van der Waals surface area (Å²) in [6.45, 7) is 0. The summed E-state index contributed by atoms with van der Waals surface area (Å²) in [5.41, 5.74) is 0. The molecule has 0 aromatic carbocycles. The summed E-state index contributed by atoms with van der Waals surface area (Å²) in [6.07, 6.45) is 0. The lowest BCUT2D eigenvalue weighted by Crippen LogP contribution is -2.37. The maximum absolute atomic E-state index is 5.45. The van der Waals surface area contributed by atoms with Gasteiger partial charge in [0.15, 0.2) is 4.33 Å². The molecule has 7 heteroatoms. The van der Waals surface area contributed by atoms with Gasteiger partial charge in [0.1, 0.15) is 4.84 Å². The van der Waals surface area contributed by atoms with Crippen molar-refractivity contribution in [3.8, 4) is 0 Å². The number of halogens is 7. The van der Waals surface area contributed by atoms with Gasteiger partial charge in [0.2, 0.25) is 3.79 Å². The Morgan fingerprint density at radius 2 is 1.10 bits per heavy atom. The number of rotatable bonds is 1. The van der Waals surface area contributed by atoms with Crippen LogP contribution < -0.4 is 0 Å². The zero-order valence-corrected chi connectivity index (χ0v) is 9.51. The Labute approximate surface area is 93.6 Å². The molecule has 0 amide bonds. The van der Waals surface area contributed by atoms with Gasteiger partial charge in [-0.1, -0.05) is 58.0 Å². The standard InChI is InChI=1S/C3HCl7/c4-1(5)2(6,7)3(8,9)10/h1H. The molecule has 0 atom stereocenters. The molecule has 62 valence electrons. The van der Waals surface area contributed by atoms with Crippen LogP contribution in [0.1, 0.15) is 0 Å². The van der Waals surface area contributed by atoms with Crippen molar-refractivity contribution in [3.05, 3.63) is 0 Å². The fraction of sp³-hybridized carbons (Fsp3) is 1.00. The van der Waals surface area contributed by atoms with Gasteiger partial charge in [-0.3, -0.25) is 0 Å². The lowest BCUT2D eigenvalue weighted by molar-refractivity contribution is 0.862. The van der Waals surface area contributed by atoms with E-state index in [1.54, 1.807) is 0 Å². The quantitative estimate of drug-likeness (QED) is 0.629. The van der Waals surface area contributed by atoms with E-state index in [0.29, 0.717) is 0 Å². The first kappa shape index (κ1) is 12.0. The molecule has 0 aromatic heterocycles. The third-order valence-electron chi connectivity index (χ3n) is 0.652. The van der Waals surface area contributed by atoms with Gasteiger partial charge in [0.05, 0.1) is 0 Å². The Hall–Kier alpha value is 2.03. The van der Waals surface area contributed by atoms with Gasteiger partial charge in [0.25, 0.3) is 0 Å². The molecule has 0 rings (SSSR count). The molecule has 0 saturated carbocycles. The highest BCUT2D eigenvalue weighted by Gasteiger charge is 2.50. The van der Waals surface area contributed by atoms with Crippen LogP contribution in [0, 0.1) is 0 Å². The molecule has 0 saturated heterocycles. The first-order chi connectivity index (χ1) is 4.19. The van der Waals surface area contributed by atoms with Crippen LogP contribution in [0.4, 0.5) is 0 Å². The third kappa shape index (κ3) is 2.82. The zero-order valence-electron chi connectivity index (χ0n) is 4.22. The normalized spacial score (nSPS) is 14.4. The Kier molecular flexibility index (Phi) is 4.60. The molecular formula is C3HCl7. The van der Waals surface area contributed by atoms with Crippen molar-refractivity contribution in [2.75, 3.05) is 0 Å². The Balaban J connectivity index is 4.40. The van der Waals surface area contributed by atoms with Crippen LogP contribution in [0.25, 0.3) is 0 Å². The van der Waals surface area contributed by atoms with E-state index < -0.39 is 13.0 Å². The van der Waals surface area contributed by atoms with Crippen LogP contribution in [0.2, 0.25) is 0 Å². The van der Waals surface area contributed by atoms with Gasteiger partial charge in [0, 0.05) is 0 Å². The summed E-state index contributed by atoms with van der Waals surface area (Å²) in [6, 6.07) is 0. The third-order valence-corrected chi connectivity index (χ3v) is 4.23. The summed E-state index contributed by atoms with van der Waals surface area (Å²) in [4.78, 5) is -1.16. The van der Waals surface area contributed by atoms with Gasteiger partial charge < -0.3 is 0 Å². The topological polar surface area (TPSA) is 0 Å². The SMILES string of the molecule is ClC(Cl)C(Cl)(Cl)C(Cl)(Cl)Cl. The molecule has 0 heterocycles. The summed E-state index contributed by atoms with van der Waals surface area (Å²) in [5, 5.41) is 0. The lowest BCUT2D eigenvalue weighted by Gasteiger charge is -2.27. The smallest absolute Gasteiger partial charge is 0.102 e. The van der Waals surface area contributed by atoms with Crippen LogP contribution in [-0.4, -0.2) is 13.0 Å². The van der Waals surface area contributed by atoms with Crippen LogP contribution >= 0.6 is 81.2 Å². The molecule has 0 fully saturated rings. The van der Waals surface area contributed by atoms with E-state index in [4.69, 9.17) is 81.2 Å². The van der Waals surface area contributed by atoms with E-state index in [9.17, 15) is 0 Å². The van der Waals surface area contributed by atoms with Crippen LogP contribution in [0.5, 0.6) is 0 Å². The van der Waals surface area contributed by atoms with Crippen LogP contribution in [-0.2, 0) is 0 Å². The highest BCUT2D eigenvalue weighted by Crippen LogP contribution is 2.50. The molecule has 0 nitrogen and oxygen atoms in total. The van der Waals surface area contributed by atoms with Crippen molar-refractivity contribution < 1.29 is 0 Å². The molecule has 10 heavy (non-hydrogen) atoms. The largest absolute Gasteiger partial charge is 0.225 e. The predicted octanol–water partition coefficient (Wildman–Crippen LogP) is 4.33. The maximum atomic E-state index is 5.45. The average Bonchev–Trinajstić information content (AvgIpc) is 1.62. The zero-order chi connectivity index (χ0) is 8.58. The molecular weight excluding hydrogens is 284 g/mol. The minimum atomic E-state index is -1.90. The summed E-state index contributed by atoms with van der Waals surface area (Å²) < 4.78 is -3.69. The minimum Gasteiger partial charge on any atom is -0.102 e. The molecule has 0 N–H and O–H groups in total. The Morgan fingerprint density at radius 3 is 1.10 bits per heavy atom. The Morgan fingerprint density at radius 1 is 0.800 bits per heavy atom. The summed E-state index contributed by atoms with van der Waals surface area (Å²) >= 11 is 37.5. The molecule has 0 aliphatic rings. The molecule has 0 aromatic rings. The molecule has 0 unspecified atom stereocenters. The predicted molar refractivity (Wildman–Crippen MR) is 50.2 cm³/mol. The van der Waals surface area contributed by atoms with Crippen LogP contribution in [0.3, 0.4) is 0 Å². The van der Waals surface area contributed by atoms with Crippen molar-refractivity contribution in [1.29, 1.82) is 0 Å². The molecule has 0 aliphatic carbocycles. The highest BCUT2D eigenvalue weighted by molar-refractivity contribution is 6.77. The molecule has 0 radical (unpaired) electrons. The fourth-order valence-corrected chi connectivity index (χ4v) is 1.11. The second-order valence-corrected chi connectivity index (χ2v) is 6.18. The maximum Gasteiger partial charge on any atom is 0.225 e. The fourth-order valence-electron chi connectivity index (χ4n) is 0.124. The van der Waals surface area contributed by atoms with Crippen molar-refractivity contribution in [3.63, 3.8) is 0 Å². The summed E-state index contributed by atoms with van der Waals surface area (Å²) in [7, 11) is 0. The second kappa shape index (κ2) is 3.83. The Bertz CT molecular complexity index is 111. The first-order valence-corrected chi connectivity index (χ1v) is 4.68. The molecule has 0 aliphatic heterocycles. The van der Waals surface area contributed by atoms with E-state index in [0.717, 1.165) is 0 Å². The average molecular weight is 285 g/mol. The molecule has 0 spiro atoms. The highest BCUT2D eigenvalue weighted by atomic mass is 35.6. The van der Waals surface area contributed by atoms with Crippen molar-refractivity contribution in [1.82, 2.24) is 0 Å². The van der Waals surface area contributed by atoms with Gasteiger partial charge in [-0.15, -0.1) is 23.2 Å².